The van der Waals surface area contributed by atoms with E-state index in [4.69, 9.17) is 0 Å². The maximum Gasteiger partial charge on any atom is 0.340 e. The summed E-state index contributed by atoms with van der Waals surface area (Å²) in [5, 5.41) is 0. The molecule has 23 heavy (non-hydrogen) atoms. The SMILES string of the molecule is CCc1ccc(S(=O)(=O)Nc2cc(C(=O)OC)c(F)cc2F)s1. The van der Waals surface area contributed by atoms with Gasteiger partial charge in [0.2, 0.25) is 0 Å². The number of nitrogens with one attached hydrogen (secondary N) is 1. The summed E-state index contributed by atoms with van der Waals surface area (Å²) < 4.78 is 58.2. The number of sulfonamides is 1. The zero-order valence-corrected chi connectivity index (χ0v) is 13.9. The smallest absolute Gasteiger partial charge is 0.340 e. The third kappa shape index (κ3) is 3.67. The first-order valence-corrected chi connectivity index (χ1v) is 8.77. The summed E-state index contributed by atoms with van der Waals surface area (Å²) in [7, 11) is -3.00. The standard InChI is InChI=1S/C14H13F2NO4S2/c1-3-8-4-5-13(22-8)23(19,20)17-12-6-9(14(18)21-2)10(15)7-11(12)16/h4-7,17H,3H2,1-2H3. The van der Waals surface area contributed by atoms with Gasteiger partial charge in [-0.1, -0.05) is 6.92 Å². The molecule has 2 aromatic rings. The first-order chi connectivity index (χ1) is 10.8. The average Bonchev–Trinajstić information content (AvgIpc) is 2.99. The molecule has 1 aromatic heterocycles. The van der Waals surface area contributed by atoms with E-state index in [0.29, 0.717) is 12.5 Å². The molecule has 0 aliphatic heterocycles. The van der Waals surface area contributed by atoms with Crippen LogP contribution in [0.2, 0.25) is 0 Å². The maximum atomic E-state index is 13.8. The Kier molecular flexibility index (Phi) is 5.00. The lowest BCUT2D eigenvalue weighted by molar-refractivity contribution is 0.0595. The Bertz CT molecular complexity index is 846. The van der Waals surface area contributed by atoms with Crippen molar-refractivity contribution in [1.29, 1.82) is 0 Å². The van der Waals surface area contributed by atoms with Crippen LogP contribution in [-0.2, 0) is 21.2 Å². The van der Waals surface area contributed by atoms with Crippen molar-refractivity contribution in [2.75, 3.05) is 11.8 Å². The van der Waals surface area contributed by atoms with Crippen LogP contribution in [0.5, 0.6) is 0 Å². The number of carbonyl (C=O) groups excluding carboxylic acids is 1. The number of esters is 1. The van der Waals surface area contributed by atoms with Crippen LogP contribution in [0.3, 0.4) is 0 Å². The molecule has 0 radical (unpaired) electrons. The second-order valence-electron chi connectivity index (χ2n) is 4.48. The number of thiophene rings is 1. The van der Waals surface area contributed by atoms with Crippen molar-refractivity contribution in [3.05, 3.63) is 46.3 Å². The molecule has 1 aromatic carbocycles. The van der Waals surface area contributed by atoms with Gasteiger partial charge in [0.05, 0.1) is 18.4 Å². The maximum absolute atomic E-state index is 13.8. The second-order valence-corrected chi connectivity index (χ2v) is 7.56. The van der Waals surface area contributed by atoms with E-state index < -0.39 is 38.9 Å². The number of halogens is 2. The predicted molar refractivity (Wildman–Crippen MR) is 82.2 cm³/mol. The van der Waals surface area contributed by atoms with Gasteiger partial charge in [-0.15, -0.1) is 11.3 Å². The van der Waals surface area contributed by atoms with Gasteiger partial charge in [-0.2, -0.15) is 0 Å². The van der Waals surface area contributed by atoms with E-state index >= 15 is 0 Å². The molecule has 0 saturated carbocycles. The van der Waals surface area contributed by atoms with Gasteiger partial charge in [0, 0.05) is 10.9 Å². The van der Waals surface area contributed by atoms with Crippen molar-refractivity contribution in [3.63, 3.8) is 0 Å². The Morgan fingerprint density at radius 2 is 1.96 bits per heavy atom. The minimum atomic E-state index is -4.03. The summed E-state index contributed by atoms with van der Waals surface area (Å²) in [5.74, 6) is -3.31. The van der Waals surface area contributed by atoms with Gasteiger partial charge in [-0.25, -0.2) is 22.0 Å². The molecule has 1 N–H and O–H groups in total. The first kappa shape index (κ1) is 17.4. The third-order valence-corrected chi connectivity index (χ3v) is 6.04. The van der Waals surface area contributed by atoms with Gasteiger partial charge in [-0.3, -0.25) is 4.72 Å². The molecule has 0 unspecified atom stereocenters. The lowest BCUT2D eigenvalue weighted by Gasteiger charge is -2.09. The average molecular weight is 361 g/mol. The van der Waals surface area contributed by atoms with Gasteiger partial charge in [0.1, 0.15) is 15.8 Å². The molecule has 0 aliphatic carbocycles. The highest BCUT2D eigenvalue weighted by Gasteiger charge is 2.22. The number of benzene rings is 1. The molecule has 1 heterocycles. The van der Waals surface area contributed by atoms with Gasteiger partial charge in [0.15, 0.2) is 0 Å². The Morgan fingerprint density at radius 1 is 1.26 bits per heavy atom. The molecule has 0 atom stereocenters. The Labute approximate surface area is 136 Å². The Hall–Kier alpha value is -2.00. The summed E-state index contributed by atoms with van der Waals surface area (Å²) in [6.07, 6.45) is 0.664. The number of ether oxygens (including phenoxy) is 1. The van der Waals surface area contributed by atoms with Crippen LogP contribution in [0.1, 0.15) is 22.2 Å². The van der Waals surface area contributed by atoms with E-state index in [1.54, 1.807) is 6.07 Å². The number of methoxy groups -OCH3 is 1. The Morgan fingerprint density at radius 3 is 2.52 bits per heavy atom. The van der Waals surface area contributed by atoms with Gasteiger partial charge in [-0.05, 0) is 24.6 Å². The molecule has 0 aliphatic rings. The second kappa shape index (κ2) is 6.63. The van der Waals surface area contributed by atoms with E-state index in [0.717, 1.165) is 29.4 Å². The summed E-state index contributed by atoms with van der Waals surface area (Å²) in [5.41, 5.74) is -1.09. The van der Waals surface area contributed by atoms with Crippen molar-refractivity contribution in [2.45, 2.75) is 17.6 Å². The van der Waals surface area contributed by atoms with Crippen LogP contribution in [0, 0.1) is 11.6 Å². The monoisotopic (exact) mass is 361 g/mol. The summed E-state index contributed by atoms with van der Waals surface area (Å²) in [6, 6.07) is 4.24. The quantitative estimate of drug-likeness (QED) is 0.830. The fraction of sp³-hybridized carbons (Fsp3) is 0.214. The van der Waals surface area contributed by atoms with Gasteiger partial charge < -0.3 is 4.74 Å². The molecule has 9 heteroatoms. The van der Waals surface area contributed by atoms with Crippen LogP contribution < -0.4 is 4.72 Å². The van der Waals surface area contributed by atoms with E-state index in [-0.39, 0.29) is 4.21 Å². The number of rotatable bonds is 5. The molecule has 0 amide bonds. The molecular weight excluding hydrogens is 348 g/mol. The first-order valence-electron chi connectivity index (χ1n) is 6.47. The zero-order valence-electron chi connectivity index (χ0n) is 12.2. The van der Waals surface area contributed by atoms with Crippen molar-refractivity contribution in [3.8, 4) is 0 Å². The van der Waals surface area contributed by atoms with Crippen LogP contribution in [0.4, 0.5) is 14.5 Å². The van der Waals surface area contributed by atoms with Crippen molar-refractivity contribution in [2.24, 2.45) is 0 Å². The number of carbonyl (C=O) groups is 1. The molecule has 2 rings (SSSR count). The van der Waals surface area contributed by atoms with E-state index in [1.165, 1.54) is 6.07 Å². The van der Waals surface area contributed by atoms with E-state index in [9.17, 15) is 22.0 Å². The van der Waals surface area contributed by atoms with Crippen LogP contribution in [0.15, 0.2) is 28.5 Å². The lowest BCUT2D eigenvalue weighted by Crippen LogP contribution is -2.14. The summed E-state index contributed by atoms with van der Waals surface area (Å²) in [4.78, 5) is 12.3. The van der Waals surface area contributed by atoms with Gasteiger partial charge >= 0.3 is 5.97 Å². The number of hydrogen-bond donors (Lipinski definition) is 1. The van der Waals surface area contributed by atoms with Crippen molar-refractivity contribution < 1.29 is 26.7 Å². The summed E-state index contributed by atoms with van der Waals surface area (Å²) in [6.45, 7) is 1.87. The van der Waals surface area contributed by atoms with Gasteiger partial charge in [0.25, 0.3) is 10.0 Å². The van der Waals surface area contributed by atoms with Crippen LogP contribution in [-0.4, -0.2) is 21.5 Å². The topological polar surface area (TPSA) is 72.5 Å². The third-order valence-electron chi connectivity index (χ3n) is 2.96. The number of anilines is 1. The molecule has 0 saturated heterocycles. The molecule has 5 nitrogen and oxygen atoms in total. The summed E-state index contributed by atoms with van der Waals surface area (Å²) >= 11 is 1.04. The minimum Gasteiger partial charge on any atom is -0.465 e. The highest BCUT2D eigenvalue weighted by atomic mass is 32.2. The number of aryl methyl sites for hydroxylation is 1. The fourth-order valence-corrected chi connectivity index (χ4v) is 4.13. The minimum absolute atomic E-state index is 0.00214. The molecular formula is C14H13F2NO4S2. The highest BCUT2D eigenvalue weighted by Crippen LogP contribution is 2.27. The predicted octanol–water partition coefficient (Wildman–Crippen LogP) is 3.18. The largest absolute Gasteiger partial charge is 0.465 e. The van der Waals surface area contributed by atoms with Crippen molar-refractivity contribution >= 4 is 33.0 Å². The number of hydrogen-bond acceptors (Lipinski definition) is 5. The zero-order chi connectivity index (χ0) is 17.2. The van der Waals surface area contributed by atoms with Crippen LogP contribution >= 0.6 is 11.3 Å². The Balaban J connectivity index is 2.40. The normalized spacial score (nSPS) is 11.3. The lowest BCUT2D eigenvalue weighted by atomic mass is 10.2. The molecule has 0 bridgehead atoms. The van der Waals surface area contributed by atoms with E-state index in [2.05, 4.69) is 4.74 Å². The van der Waals surface area contributed by atoms with E-state index in [1.807, 2.05) is 11.6 Å². The van der Waals surface area contributed by atoms with Crippen molar-refractivity contribution in [1.82, 2.24) is 0 Å². The molecule has 124 valence electrons. The molecule has 0 fully saturated rings. The van der Waals surface area contributed by atoms with Crippen LogP contribution in [0.25, 0.3) is 0 Å². The highest BCUT2D eigenvalue weighted by molar-refractivity contribution is 7.94. The molecule has 0 spiro atoms. The fourth-order valence-electron chi connectivity index (χ4n) is 1.78.